The summed E-state index contributed by atoms with van der Waals surface area (Å²) in [5.74, 6) is -0.1000. The van der Waals surface area contributed by atoms with E-state index in [1.165, 1.54) is 11.8 Å². The summed E-state index contributed by atoms with van der Waals surface area (Å²) in [6.45, 7) is 22.4. The molecule has 2 atom stereocenters. The van der Waals surface area contributed by atoms with E-state index >= 15 is 0 Å². The SMILES string of the molecule is CCCCOC(=O)C(C)(C)C(C)C(C)(SCC)C(=O)OC(C)(C)CCOC(C)(C)C. The molecule has 0 heterocycles. The van der Waals surface area contributed by atoms with Crippen LogP contribution in [-0.4, -0.2) is 46.9 Å². The van der Waals surface area contributed by atoms with Crippen LogP contribution in [0.5, 0.6) is 0 Å². The molecule has 0 aliphatic heterocycles. The second-order valence-corrected chi connectivity index (χ2v) is 12.0. The van der Waals surface area contributed by atoms with E-state index in [9.17, 15) is 9.59 Å². The Morgan fingerprint density at radius 1 is 0.900 bits per heavy atom. The minimum atomic E-state index is -0.871. The van der Waals surface area contributed by atoms with Crippen molar-refractivity contribution in [2.75, 3.05) is 19.0 Å². The summed E-state index contributed by atoms with van der Waals surface area (Å²) in [6.07, 6.45) is 2.40. The van der Waals surface area contributed by atoms with E-state index in [1.54, 1.807) is 0 Å². The van der Waals surface area contributed by atoms with Crippen LogP contribution in [0, 0.1) is 11.3 Å². The van der Waals surface area contributed by atoms with Gasteiger partial charge in [-0.3, -0.25) is 9.59 Å². The van der Waals surface area contributed by atoms with Gasteiger partial charge < -0.3 is 14.2 Å². The normalized spacial score (nSPS) is 16.0. The van der Waals surface area contributed by atoms with Crippen LogP contribution in [0.2, 0.25) is 0 Å². The van der Waals surface area contributed by atoms with Crippen molar-refractivity contribution in [2.45, 2.75) is 111 Å². The lowest BCUT2D eigenvalue weighted by Gasteiger charge is -2.42. The number of hydrogen-bond acceptors (Lipinski definition) is 6. The van der Waals surface area contributed by atoms with E-state index < -0.39 is 15.8 Å². The minimum Gasteiger partial charge on any atom is -0.465 e. The summed E-state index contributed by atoms with van der Waals surface area (Å²) in [6, 6.07) is 0. The number of unbranched alkanes of at least 4 members (excludes halogenated alkanes) is 1. The fourth-order valence-electron chi connectivity index (χ4n) is 3.03. The van der Waals surface area contributed by atoms with Gasteiger partial charge in [-0.2, -0.15) is 0 Å². The number of thioether (sulfide) groups is 1. The zero-order chi connectivity index (χ0) is 23.8. The summed E-state index contributed by atoms with van der Waals surface area (Å²) in [4.78, 5) is 26.1. The third-order valence-corrected chi connectivity index (χ3v) is 7.03. The molecule has 0 saturated carbocycles. The van der Waals surface area contributed by atoms with Gasteiger partial charge in [-0.05, 0) is 73.5 Å². The van der Waals surface area contributed by atoms with E-state index in [-0.39, 0.29) is 23.5 Å². The predicted molar refractivity (Wildman–Crippen MR) is 126 cm³/mol. The van der Waals surface area contributed by atoms with Gasteiger partial charge in [0.05, 0.1) is 24.2 Å². The first-order valence-corrected chi connectivity index (χ1v) is 12.2. The van der Waals surface area contributed by atoms with Gasteiger partial charge >= 0.3 is 11.9 Å². The highest BCUT2D eigenvalue weighted by Gasteiger charge is 2.51. The van der Waals surface area contributed by atoms with Gasteiger partial charge in [0, 0.05) is 6.42 Å². The van der Waals surface area contributed by atoms with Crippen molar-refractivity contribution in [1.29, 1.82) is 0 Å². The van der Waals surface area contributed by atoms with E-state index in [4.69, 9.17) is 14.2 Å². The van der Waals surface area contributed by atoms with Crippen LogP contribution in [0.4, 0.5) is 0 Å². The molecule has 0 aromatic heterocycles. The number of rotatable bonds is 13. The van der Waals surface area contributed by atoms with Crippen LogP contribution in [0.3, 0.4) is 0 Å². The molecule has 0 bridgehead atoms. The average molecular weight is 447 g/mol. The number of carbonyl (C=O) groups is 2. The molecule has 2 unspecified atom stereocenters. The molecule has 0 saturated heterocycles. The summed E-state index contributed by atoms with van der Waals surface area (Å²) < 4.78 is 16.4. The Morgan fingerprint density at radius 2 is 1.47 bits per heavy atom. The summed E-state index contributed by atoms with van der Waals surface area (Å²) in [5.41, 5.74) is -1.71. The summed E-state index contributed by atoms with van der Waals surface area (Å²) >= 11 is 1.52. The number of hydrogen-bond donors (Lipinski definition) is 0. The molecule has 0 aliphatic carbocycles. The molecule has 0 aromatic rings. The van der Waals surface area contributed by atoms with Crippen LogP contribution in [-0.2, 0) is 23.8 Å². The quantitative estimate of drug-likeness (QED) is 0.254. The monoisotopic (exact) mass is 446 g/mol. The highest BCUT2D eigenvalue weighted by Crippen LogP contribution is 2.45. The molecule has 0 rings (SSSR count). The van der Waals surface area contributed by atoms with Crippen molar-refractivity contribution in [3.05, 3.63) is 0 Å². The van der Waals surface area contributed by atoms with E-state index in [0.717, 1.165) is 18.6 Å². The maximum Gasteiger partial charge on any atom is 0.322 e. The molecule has 0 N–H and O–H groups in total. The van der Waals surface area contributed by atoms with Gasteiger partial charge in [-0.15, -0.1) is 11.8 Å². The van der Waals surface area contributed by atoms with Crippen molar-refractivity contribution in [3.8, 4) is 0 Å². The van der Waals surface area contributed by atoms with Gasteiger partial charge in [0.2, 0.25) is 0 Å². The Hall–Kier alpha value is -0.750. The Bertz CT molecular complexity index is 550. The average Bonchev–Trinajstić information content (AvgIpc) is 2.59. The molecule has 0 fully saturated rings. The van der Waals surface area contributed by atoms with Crippen molar-refractivity contribution >= 4 is 23.7 Å². The standard InChI is InChI=1S/C24H46O5S/c1-12-14-16-27-19(25)23(9,10)18(3)24(11,30-13-2)20(26)29-22(7,8)15-17-28-21(4,5)6/h18H,12-17H2,1-11H3. The smallest absolute Gasteiger partial charge is 0.322 e. The minimum absolute atomic E-state index is 0.233. The van der Waals surface area contributed by atoms with Crippen molar-refractivity contribution in [2.24, 2.45) is 11.3 Å². The van der Waals surface area contributed by atoms with E-state index in [0.29, 0.717) is 19.6 Å². The van der Waals surface area contributed by atoms with Crippen LogP contribution >= 0.6 is 11.8 Å². The highest BCUT2D eigenvalue weighted by molar-refractivity contribution is 8.01. The van der Waals surface area contributed by atoms with E-state index in [1.807, 2.05) is 69.2 Å². The molecule has 0 spiro atoms. The Morgan fingerprint density at radius 3 is 1.93 bits per heavy atom. The predicted octanol–water partition coefficient (Wildman–Crippen LogP) is 6.03. The number of esters is 2. The second kappa shape index (κ2) is 11.8. The molecule has 0 radical (unpaired) electrons. The van der Waals surface area contributed by atoms with Crippen LogP contribution in [0.1, 0.15) is 95.4 Å². The third-order valence-electron chi connectivity index (χ3n) is 5.62. The largest absolute Gasteiger partial charge is 0.465 e. The fraction of sp³-hybridized carbons (Fsp3) is 0.917. The molecule has 6 heteroatoms. The third kappa shape index (κ3) is 9.17. The lowest BCUT2D eigenvalue weighted by atomic mass is 9.72. The molecule has 0 amide bonds. The molecule has 5 nitrogen and oxygen atoms in total. The van der Waals surface area contributed by atoms with Crippen LogP contribution in [0.25, 0.3) is 0 Å². The lowest BCUT2D eigenvalue weighted by Crippen LogP contribution is -2.51. The maximum atomic E-state index is 13.4. The first-order valence-electron chi connectivity index (χ1n) is 11.2. The zero-order valence-electron chi connectivity index (χ0n) is 21.3. The summed E-state index contributed by atoms with van der Waals surface area (Å²) in [7, 11) is 0. The molecule has 0 aromatic carbocycles. The molecular formula is C24H46O5S. The van der Waals surface area contributed by atoms with Crippen molar-refractivity contribution in [3.63, 3.8) is 0 Å². The van der Waals surface area contributed by atoms with Gasteiger partial charge in [-0.25, -0.2) is 0 Å². The first kappa shape index (κ1) is 29.2. The molecular weight excluding hydrogens is 400 g/mol. The molecule has 0 aliphatic rings. The number of ether oxygens (including phenoxy) is 3. The van der Waals surface area contributed by atoms with E-state index in [2.05, 4.69) is 6.92 Å². The van der Waals surface area contributed by atoms with Gasteiger partial charge in [-0.1, -0.05) is 27.2 Å². The van der Waals surface area contributed by atoms with Crippen molar-refractivity contribution in [1.82, 2.24) is 0 Å². The Balaban J connectivity index is 5.39. The first-order chi connectivity index (χ1) is 13.5. The van der Waals surface area contributed by atoms with Crippen LogP contribution in [0.15, 0.2) is 0 Å². The summed E-state index contributed by atoms with van der Waals surface area (Å²) in [5, 5.41) is 0. The second-order valence-electron chi connectivity index (χ2n) is 10.3. The fourth-order valence-corrected chi connectivity index (χ4v) is 4.33. The lowest BCUT2D eigenvalue weighted by molar-refractivity contribution is -0.167. The zero-order valence-corrected chi connectivity index (χ0v) is 22.1. The van der Waals surface area contributed by atoms with Gasteiger partial charge in [0.15, 0.2) is 0 Å². The number of carbonyl (C=O) groups excluding carboxylic acids is 2. The maximum absolute atomic E-state index is 13.4. The Kier molecular flexibility index (Phi) is 11.5. The Labute approximate surface area is 189 Å². The molecule has 178 valence electrons. The van der Waals surface area contributed by atoms with Crippen molar-refractivity contribution < 1.29 is 23.8 Å². The van der Waals surface area contributed by atoms with Gasteiger partial charge in [0.1, 0.15) is 10.3 Å². The van der Waals surface area contributed by atoms with Gasteiger partial charge in [0.25, 0.3) is 0 Å². The highest BCUT2D eigenvalue weighted by atomic mass is 32.2. The van der Waals surface area contributed by atoms with Crippen LogP contribution < -0.4 is 0 Å². The molecule has 30 heavy (non-hydrogen) atoms. The topological polar surface area (TPSA) is 61.8 Å².